The smallest absolute Gasteiger partial charge is 0.326 e. The molecule has 120 valence electrons. The first kappa shape index (κ1) is 14.4. The van der Waals surface area contributed by atoms with Crippen LogP contribution in [0.2, 0.25) is 0 Å². The minimum Gasteiger partial charge on any atom is -0.480 e. The summed E-state index contributed by atoms with van der Waals surface area (Å²) in [7, 11) is 0. The number of H-pyrrole nitrogens is 2. The molecule has 2 aromatic carbocycles. The molecule has 1 atom stereocenters. The largest absolute Gasteiger partial charge is 0.480 e. The number of carboxylic acids is 1. The fourth-order valence-electron chi connectivity index (χ4n) is 3.03. The molecular formula is C19H17N3O2. The van der Waals surface area contributed by atoms with Crippen molar-refractivity contribution in [1.29, 1.82) is 0 Å². The van der Waals surface area contributed by atoms with Crippen molar-refractivity contribution < 1.29 is 9.90 Å². The lowest BCUT2D eigenvalue weighted by molar-refractivity contribution is -0.138. The Kier molecular flexibility index (Phi) is 3.27. The number of carbonyl (C=O) groups is 1. The topological polar surface area (TPSA) is 72.1 Å². The predicted octanol–water partition coefficient (Wildman–Crippen LogP) is 4.26. The van der Waals surface area contributed by atoms with E-state index >= 15 is 0 Å². The monoisotopic (exact) mass is 319 g/mol. The average Bonchev–Trinajstić information content (AvgIpc) is 3.18. The van der Waals surface area contributed by atoms with Crippen molar-refractivity contribution in [3.63, 3.8) is 0 Å². The van der Waals surface area contributed by atoms with Gasteiger partial charge in [0.1, 0.15) is 17.7 Å². The Balaban J connectivity index is 1.88. The highest BCUT2D eigenvalue weighted by Gasteiger charge is 2.25. The fourth-order valence-corrected chi connectivity index (χ4v) is 3.03. The number of carboxylic acid groups (broad SMARTS) is 1. The van der Waals surface area contributed by atoms with Crippen LogP contribution >= 0.6 is 0 Å². The number of rotatable bonds is 4. The lowest BCUT2D eigenvalue weighted by Crippen LogP contribution is -2.35. The molecule has 0 spiro atoms. The summed E-state index contributed by atoms with van der Waals surface area (Å²) >= 11 is 0. The van der Waals surface area contributed by atoms with Gasteiger partial charge in [0.05, 0.1) is 0 Å². The lowest BCUT2D eigenvalue weighted by Gasteiger charge is -2.25. The van der Waals surface area contributed by atoms with Gasteiger partial charge < -0.3 is 15.1 Å². The summed E-state index contributed by atoms with van der Waals surface area (Å²) in [5, 5.41) is 11.7. The number of nitrogens with one attached hydrogen (secondary N) is 2. The van der Waals surface area contributed by atoms with Gasteiger partial charge in [-0.2, -0.15) is 0 Å². The van der Waals surface area contributed by atoms with Gasteiger partial charge in [-0.05, 0) is 31.2 Å². The van der Waals surface area contributed by atoms with Gasteiger partial charge in [-0.15, -0.1) is 0 Å². The number of nitrogens with zero attached hydrogens (tertiary/aromatic N) is 1. The third-order valence-electron chi connectivity index (χ3n) is 4.30. The van der Waals surface area contributed by atoms with Crippen LogP contribution in [0.3, 0.4) is 0 Å². The molecule has 0 amide bonds. The number of fused-ring (bicyclic) bond motifs is 2. The minimum atomic E-state index is -0.882. The number of hydrogen-bond acceptors (Lipinski definition) is 2. The van der Waals surface area contributed by atoms with Gasteiger partial charge >= 0.3 is 5.97 Å². The van der Waals surface area contributed by atoms with Crippen LogP contribution in [0.4, 0.5) is 11.6 Å². The van der Waals surface area contributed by atoms with Crippen molar-refractivity contribution in [3.8, 4) is 0 Å². The Bertz CT molecular complexity index is 891. The summed E-state index contributed by atoms with van der Waals surface area (Å²) in [5.74, 6) is 0.614. The van der Waals surface area contributed by atoms with Crippen molar-refractivity contribution in [3.05, 3.63) is 60.7 Å². The van der Waals surface area contributed by atoms with E-state index < -0.39 is 12.0 Å². The molecular weight excluding hydrogens is 302 g/mol. The number of aromatic nitrogens is 2. The quantitative estimate of drug-likeness (QED) is 0.526. The van der Waals surface area contributed by atoms with E-state index in [-0.39, 0.29) is 0 Å². The van der Waals surface area contributed by atoms with Crippen LogP contribution in [0.1, 0.15) is 6.92 Å². The summed E-state index contributed by atoms with van der Waals surface area (Å²) in [6.45, 7) is 1.68. The van der Waals surface area contributed by atoms with Gasteiger partial charge in [-0.1, -0.05) is 36.4 Å². The van der Waals surface area contributed by atoms with Crippen molar-refractivity contribution in [1.82, 2.24) is 9.97 Å². The van der Waals surface area contributed by atoms with Gasteiger partial charge in [0.15, 0.2) is 0 Å². The highest BCUT2D eigenvalue weighted by Crippen LogP contribution is 2.32. The molecule has 4 aromatic rings. The molecule has 0 bridgehead atoms. The predicted molar refractivity (Wildman–Crippen MR) is 95.8 cm³/mol. The van der Waals surface area contributed by atoms with Crippen LogP contribution in [-0.4, -0.2) is 27.1 Å². The van der Waals surface area contributed by atoms with Crippen molar-refractivity contribution in [2.45, 2.75) is 13.0 Å². The van der Waals surface area contributed by atoms with E-state index in [4.69, 9.17) is 0 Å². The maximum absolute atomic E-state index is 11.6. The number of para-hydroxylation sites is 2. The molecule has 24 heavy (non-hydrogen) atoms. The number of aliphatic carboxylic acids is 1. The standard InChI is InChI=1S/C19H17N3O2/c1-12(19(23)24)22(17-10-13-6-2-4-8-15(13)20-17)18-11-14-7-3-5-9-16(14)21-18/h2-12,20-21H,1H3,(H,23,24). The molecule has 1 unspecified atom stereocenters. The summed E-state index contributed by atoms with van der Waals surface area (Å²) < 4.78 is 0. The van der Waals surface area contributed by atoms with Crippen LogP contribution in [0.5, 0.6) is 0 Å². The minimum absolute atomic E-state index is 0.717. The van der Waals surface area contributed by atoms with Gasteiger partial charge in [0, 0.05) is 21.8 Å². The average molecular weight is 319 g/mol. The highest BCUT2D eigenvalue weighted by atomic mass is 16.4. The van der Waals surface area contributed by atoms with Crippen LogP contribution in [0.25, 0.3) is 21.8 Å². The second-order valence-electron chi connectivity index (χ2n) is 5.87. The molecule has 5 heteroatoms. The SMILES string of the molecule is CC(C(=O)O)N(c1cc2ccccc2[nH]1)c1cc2ccccc2[nH]1. The van der Waals surface area contributed by atoms with E-state index in [9.17, 15) is 9.90 Å². The Morgan fingerprint density at radius 1 is 0.917 bits per heavy atom. The number of anilines is 2. The fraction of sp³-hybridized carbons (Fsp3) is 0.105. The zero-order valence-corrected chi connectivity index (χ0v) is 13.2. The molecule has 0 aliphatic carbocycles. The van der Waals surface area contributed by atoms with E-state index in [0.29, 0.717) is 0 Å². The highest BCUT2D eigenvalue weighted by molar-refractivity contribution is 5.91. The number of benzene rings is 2. The zero-order chi connectivity index (χ0) is 16.7. The van der Waals surface area contributed by atoms with E-state index in [1.165, 1.54) is 0 Å². The van der Waals surface area contributed by atoms with Crippen molar-refractivity contribution in [2.75, 3.05) is 4.90 Å². The third-order valence-corrected chi connectivity index (χ3v) is 4.30. The Morgan fingerprint density at radius 2 is 1.38 bits per heavy atom. The summed E-state index contributed by atoms with van der Waals surface area (Å²) in [4.78, 5) is 20.1. The molecule has 0 aliphatic rings. The van der Waals surface area contributed by atoms with Crippen LogP contribution in [-0.2, 0) is 4.79 Å². The van der Waals surface area contributed by atoms with E-state index in [1.807, 2.05) is 60.7 Å². The molecule has 2 aromatic heterocycles. The van der Waals surface area contributed by atoms with Gasteiger partial charge in [-0.3, -0.25) is 4.90 Å². The first-order valence-corrected chi connectivity index (χ1v) is 7.81. The normalized spacial score (nSPS) is 12.5. The molecule has 0 saturated carbocycles. The zero-order valence-electron chi connectivity index (χ0n) is 13.2. The second kappa shape index (κ2) is 5.45. The van der Waals surface area contributed by atoms with Crippen LogP contribution in [0.15, 0.2) is 60.7 Å². The van der Waals surface area contributed by atoms with Crippen molar-refractivity contribution >= 4 is 39.4 Å². The Hall–Kier alpha value is -3.21. The molecule has 2 heterocycles. The molecule has 0 aliphatic heterocycles. The first-order valence-electron chi connectivity index (χ1n) is 7.81. The van der Waals surface area contributed by atoms with Gasteiger partial charge in [-0.25, -0.2) is 4.79 Å². The van der Waals surface area contributed by atoms with E-state index in [0.717, 1.165) is 33.4 Å². The molecule has 4 rings (SSSR count). The second-order valence-corrected chi connectivity index (χ2v) is 5.87. The van der Waals surface area contributed by atoms with Crippen LogP contribution < -0.4 is 4.90 Å². The number of aromatic amines is 2. The maximum Gasteiger partial charge on any atom is 0.326 e. The van der Waals surface area contributed by atoms with Gasteiger partial charge in [0.2, 0.25) is 0 Å². The van der Waals surface area contributed by atoms with Crippen LogP contribution in [0, 0.1) is 0 Å². The molecule has 5 nitrogen and oxygen atoms in total. The lowest BCUT2D eigenvalue weighted by atomic mass is 10.2. The summed E-state index contributed by atoms with van der Waals surface area (Å²) in [5.41, 5.74) is 1.96. The number of hydrogen-bond donors (Lipinski definition) is 3. The summed E-state index contributed by atoms with van der Waals surface area (Å²) in [6.07, 6.45) is 0. The molecule has 0 fully saturated rings. The maximum atomic E-state index is 11.6. The Labute approximate surface area is 138 Å². The van der Waals surface area contributed by atoms with E-state index in [2.05, 4.69) is 9.97 Å². The van der Waals surface area contributed by atoms with Crippen molar-refractivity contribution in [2.24, 2.45) is 0 Å². The first-order chi connectivity index (χ1) is 11.6. The molecule has 0 radical (unpaired) electrons. The molecule has 0 saturated heterocycles. The summed E-state index contributed by atoms with van der Waals surface area (Å²) in [6, 6.07) is 19.0. The van der Waals surface area contributed by atoms with Gasteiger partial charge in [0.25, 0.3) is 0 Å². The van der Waals surface area contributed by atoms with E-state index in [1.54, 1.807) is 11.8 Å². The third kappa shape index (κ3) is 2.31. The Morgan fingerprint density at radius 3 is 1.79 bits per heavy atom. The molecule has 3 N–H and O–H groups in total.